The first kappa shape index (κ1) is 69.2. The third-order valence-corrected chi connectivity index (χ3v) is 14.8. The molecule has 0 fully saturated rings. The van der Waals surface area contributed by atoms with Crippen LogP contribution in [0.4, 0.5) is 0 Å². The van der Waals surface area contributed by atoms with Gasteiger partial charge in [-0.1, -0.05) is 315 Å². The van der Waals surface area contributed by atoms with Crippen molar-refractivity contribution in [2.75, 3.05) is 13.2 Å². The fourth-order valence-electron chi connectivity index (χ4n) is 9.91. The molecule has 0 aliphatic carbocycles. The van der Waals surface area contributed by atoms with E-state index in [4.69, 9.17) is 14.2 Å². The van der Waals surface area contributed by atoms with Crippen LogP contribution in [0.15, 0.2) is 12.2 Å². The molecular formula is C65H124O6. The molecule has 0 aromatic rings. The molecule has 71 heavy (non-hydrogen) atoms. The molecule has 1 atom stereocenters. The summed E-state index contributed by atoms with van der Waals surface area (Å²) in [6, 6.07) is 0. The fraction of sp³-hybridized carbons (Fsp3) is 0.923. The Labute approximate surface area is 443 Å². The number of rotatable bonds is 60. The summed E-state index contributed by atoms with van der Waals surface area (Å²) in [7, 11) is 0. The van der Waals surface area contributed by atoms with Crippen LogP contribution in [-0.4, -0.2) is 37.2 Å². The summed E-state index contributed by atoms with van der Waals surface area (Å²) < 4.78 is 16.8. The molecule has 6 heteroatoms. The second-order valence-corrected chi connectivity index (χ2v) is 22.0. The van der Waals surface area contributed by atoms with Crippen molar-refractivity contribution in [1.82, 2.24) is 0 Å². The van der Waals surface area contributed by atoms with Crippen molar-refractivity contribution in [2.45, 2.75) is 374 Å². The normalized spacial score (nSPS) is 12.0. The molecule has 0 amide bonds. The Morgan fingerprint density at radius 1 is 0.268 bits per heavy atom. The Morgan fingerprint density at radius 3 is 0.732 bits per heavy atom. The Kier molecular flexibility index (Phi) is 59.1. The van der Waals surface area contributed by atoms with Gasteiger partial charge in [0.1, 0.15) is 13.2 Å². The van der Waals surface area contributed by atoms with Gasteiger partial charge in [0.2, 0.25) is 0 Å². The summed E-state index contributed by atoms with van der Waals surface area (Å²) in [6.45, 7) is 6.64. The molecule has 0 bridgehead atoms. The van der Waals surface area contributed by atoms with Crippen LogP contribution in [0.5, 0.6) is 0 Å². The smallest absolute Gasteiger partial charge is 0.306 e. The van der Waals surface area contributed by atoms with E-state index < -0.39 is 6.10 Å². The van der Waals surface area contributed by atoms with Gasteiger partial charge in [0.05, 0.1) is 0 Å². The lowest BCUT2D eigenvalue weighted by molar-refractivity contribution is -0.167. The van der Waals surface area contributed by atoms with Gasteiger partial charge < -0.3 is 14.2 Å². The van der Waals surface area contributed by atoms with Gasteiger partial charge in [-0.05, 0) is 44.9 Å². The maximum atomic E-state index is 12.8. The minimum atomic E-state index is -0.768. The highest BCUT2D eigenvalue weighted by Crippen LogP contribution is 2.18. The predicted octanol–water partition coefficient (Wildman–Crippen LogP) is 21.7. The summed E-state index contributed by atoms with van der Waals surface area (Å²) in [5, 5.41) is 0. The Bertz CT molecular complexity index is 1100. The standard InChI is InChI=1S/C65H124O6/c1-4-7-10-13-16-19-21-23-24-25-26-27-28-29-30-31-32-33-34-35-36-37-38-39-40-41-42-44-46-49-52-55-58-64(67)70-61-62(60-69-63(66)57-54-51-48-45-18-15-12-9-6-3)71-65(68)59-56-53-50-47-43-22-20-17-14-11-8-5-2/h17,20,62H,4-16,18-19,21-61H2,1-3H3/b20-17-. The number of unbranched alkanes of at least 4 members (excludes halogenated alkanes) is 47. The van der Waals surface area contributed by atoms with E-state index in [9.17, 15) is 14.4 Å². The van der Waals surface area contributed by atoms with Crippen LogP contribution < -0.4 is 0 Å². The van der Waals surface area contributed by atoms with Crippen LogP contribution in [0, 0.1) is 0 Å². The molecule has 0 aromatic heterocycles. The van der Waals surface area contributed by atoms with Crippen LogP contribution in [0.1, 0.15) is 367 Å². The van der Waals surface area contributed by atoms with Gasteiger partial charge in [-0.2, -0.15) is 0 Å². The van der Waals surface area contributed by atoms with Crippen molar-refractivity contribution in [3.8, 4) is 0 Å². The second kappa shape index (κ2) is 60.7. The molecule has 0 saturated carbocycles. The number of allylic oxidation sites excluding steroid dienone is 2. The molecule has 1 unspecified atom stereocenters. The van der Waals surface area contributed by atoms with Gasteiger partial charge in [-0.3, -0.25) is 14.4 Å². The van der Waals surface area contributed by atoms with Crippen molar-refractivity contribution in [3.05, 3.63) is 12.2 Å². The molecule has 420 valence electrons. The van der Waals surface area contributed by atoms with E-state index in [1.807, 2.05) is 0 Å². The first-order valence-electron chi connectivity index (χ1n) is 32.2. The minimum absolute atomic E-state index is 0.0680. The van der Waals surface area contributed by atoms with Crippen LogP contribution in [0.3, 0.4) is 0 Å². The molecule has 0 saturated heterocycles. The van der Waals surface area contributed by atoms with Gasteiger partial charge in [0, 0.05) is 19.3 Å². The average molecular weight is 1000 g/mol. The third kappa shape index (κ3) is 58.9. The zero-order valence-corrected chi connectivity index (χ0v) is 48.3. The molecule has 0 radical (unpaired) electrons. The van der Waals surface area contributed by atoms with Gasteiger partial charge in [-0.25, -0.2) is 0 Å². The summed E-state index contributed by atoms with van der Waals surface area (Å²) in [4.78, 5) is 38.0. The van der Waals surface area contributed by atoms with E-state index in [0.717, 1.165) is 64.2 Å². The van der Waals surface area contributed by atoms with Crippen molar-refractivity contribution >= 4 is 17.9 Å². The molecule has 0 aromatic carbocycles. The summed E-state index contributed by atoms with van der Waals surface area (Å²) >= 11 is 0. The zero-order chi connectivity index (χ0) is 51.4. The van der Waals surface area contributed by atoms with E-state index in [1.165, 1.54) is 263 Å². The topological polar surface area (TPSA) is 78.9 Å². The number of hydrogen-bond acceptors (Lipinski definition) is 6. The Balaban J connectivity index is 3.94. The number of carbonyl (C=O) groups excluding carboxylic acids is 3. The first-order chi connectivity index (χ1) is 35.0. The molecule has 0 N–H and O–H groups in total. The fourth-order valence-corrected chi connectivity index (χ4v) is 9.91. The Hall–Kier alpha value is -1.85. The zero-order valence-electron chi connectivity index (χ0n) is 48.3. The van der Waals surface area contributed by atoms with Crippen LogP contribution in [0.2, 0.25) is 0 Å². The van der Waals surface area contributed by atoms with Crippen LogP contribution in [-0.2, 0) is 28.6 Å². The second-order valence-electron chi connectivity index (χ2n) is 22.0. The van der Waals surface area contributed by atoms with E-state index >= 15 is 0 Å². The van der Waals surface area contributed by atoms with Gasteiger partial charge in [0.25, 0.3) is 0 Å². The molecular weight excluding hydrogens is 877 g/mol. The van der Waals surface area contributed by atoms with Crippen molar-refractivity contribution in [3.63, 3.8) is 0 Å². The van der Waals surface area contributed by atoms with Gasteiger partial charge in [-0.15, -0.1) is 0 Å². The highest BCUT2D eigenvalue weighted by atomic mass is 16.6. The molecule has 0 heterocycles. The first-order valence-corrected chi connectivity index (χ1v) is 32.2. The SMILES string of the molecule is CCCCC/C=C\CCCCCCCC(=O)OC(COC(=O)CCCCCCCCCCC)COC(=O)CCCCCCCCCCCCCCCCCCCCCCCCCCCCCCCCCC. The monoisotopic (exact) mass is 1000 g/mol. The number of esters is 3. The van der Waals surface area contributed by atoms with Crippen LogP contribution in [0.25, 0.3) is 0 Å². The average Bonchev–Trinajstić information content (AvgIpc) is 3.37. The lowest BCUT2D eigenvalue weighted by Gasteiger charge is -2.18. The van der Waals surface area contributed by atoms with E-state index in [1.54, 1.807) is 0 Å². The van der Waals surface area contributed by atoms with Crippen molar-refractivity contribution in [1.29, 1.82) is 0 Å². The van der Waals surface area contributed by atoms with Crippen molar-refractivity contribution < 1.29 is 28.6 Å². The number of ether oxygens (including phenoxy) is 3. The van der Waals surface area contributed by atoms with Crippen molar-refractivity contribution in [2.24, 2.45) is 0 Å². The van der Waals surface area contributed by atoms with E-state index in [-0.39, 0.29) is 31.1 Å². The van der Waals surface area contributed by atoms with Gasteiger partial charge in [0.15, 0.2) is 6.10 Å². The molecule has 0 aliphatic rings. The van der Waals surface area contributed by atoms with Gasteiger partial charge >= 0.3 is 17.9 Å². The van der Waals surface area contributed by atoms with E-state index in [2.05, 4.69) is 32.9 Å². The number of hydrogen-bond donors (Lipinski definition) is 0. The molecule has 6 nitrogen and oxygen atoms in total. The molecule has 0 rings (SSSR count). The maximum Gasteiger partial charge on any atom is 0.306 e. The summed E-state index contributed by atoms with van der Waals surface area (Å²) in [5.41, 5.74) is 0. The largest absolute Gasteiger partial charge is 0.462 e. The summed E-state index contributed by atoms with van der Waals surface area (Å²) in [5.74, 6) is -0.858. The third-order valence-electron chi connectivity index (χ3n) is 14.8. The predicted molar refractivity (Wildman–Crippen MR) is 307 cm³/mol. The molecule has 0 aliphatic heterocycles. The lowest BCUT2D eigenvalue weighted by atomic mass is 10.0. The minimum Gasteiger partial charge on any atom is -0.462 e. The van der Waals surface area contributed by atoms with E-state index in [0.29, 0.717) is 19.3 Å². The maximum absolute atomic E-state index is 12.8. The summed E-state index contributed by atoms with van der Waals surface area (Å²) in [6.07, 6.45) is 71.2. The Morgan fingerprint density at radius 2 is 0.465 bits per heavy atom. The molecule has 0 spiro atoms. The highest BCUT2D eigenvalue weighted by Gasteiger charge is 2.19. The number of carbonyl (C=O) groups is 3. The quantitative estimate of drug-likeness (QED) is 0.0261. The highest BCUT2D eigenvalue weighted by molar-refractivity contribution is 5.71. The van der Waals surface area contributed by atoms with Crippen LogP contribution >= 0.6 is 0 Å². The lowest BCUT2D eigenvalue weighted by Crippen LogP contribution is -2.30.